The number of carbonyl (C=O) groups is 2. The summed E-state index contributed by atoms with van der Waals surface area (Å²) in [6, 6.07) is -0.317. The van der Waals surface area contributed by atoms with Crippen LogP contribution in [0.3, 0.4) is 0 Å². The molecule has 7 heteroatoms. The van der Waals surface area contributed by atoms with Gasteiger partial charge in [-0.15, -0.1) is 11.3 Å². The first-order chi connectivity index (χ1) is 9.49. The van der Waals surface area contributed by atoms with E-state index in [0.717, 1.165) is 17.8 Å². The molecule has 0 saturated carbocycles. The van der Waals surface area contributed by atoms with Crippen molar-refractivity contribution in [3.8, 4) is 0 Å². The fourth-order valence-electron chi connectivity index (χ4n) is 3.30. The third-order valence-corrected chi connectivity index (χ3v) is 5.26. The van der Waals surface area contributed by atoms with Crippen LogP contribution in [0.1, 0.15) is 47.7 Å². The largest absolute Gasteiger partial charge is 0.481 e. The normalized spacial score (nSPS) is 29.7. The van der Waals surface area contributed by atoms with Gasteiger partial charge in [0.05, 0.1) is 12.0 Å². The Hall–Kier alpha value is -1.47. The van der Waals surface area contributed by atoms with Gasteiger partial charge in [0.2, 0.25) is 0 Å². The van der Waals surface area contributed by atoms with Crippen molar-refractivity contribution in [2.45, 2.75) is 44.3 Å². The fraction of sp³-hybridized carbons (Fsp3) is 0.615. The van der Waals surface area contributed by atoms with E-state index < -0.39 is 11.9 Å². The highest BCUT2D eigenvalue weighted by atomic mass is 32.1. The Morgan fingerprint density at radius 3 is 2.85 bits per heavy atom. The maximum Gasteiger partial charge on any atom is 0.308 e. The lowest BCUT2D eigenvalue weighted by molar-refractivity contribution is -0.142. The topological polar surface area (TPSA) is 96.5 Å². The summed E-state index contributed by atoms with van der Waals surface area (Å²) < 4.78 is 0. The van der Waals surface area contributed by atoms with Gasteiger partial charge in [-0.05, 0) is 26.2 Å². The van der Waals surface area contributed by atoms with E-state index in [1.54, 1.807) is 10.3 Å². The van der Waals surface area contributed by atoms with Crippen LogP contribution in [0.15, 0.2) is 5.38 Å². The van der Waals surface area contributed by atoms with Crippen LogP contribution >= 0.6 is 11.3 Å². The zero-order chi connectivity index (χ0) is 14.4. The lowest BCUT2D eigenvalue weighted by Crippen LogP contribution is -2.38. The Morgan fingerprint density at radius 2 is 2.30 bits per heavy atom. The van der Waals surface area contributed by atoms with Crippen LogP contribution in [0.2, 0.25) is 0 Å². The minimum Gasteiger partial charge on any atom is -0.481 e. The third-order valence-electron chi connectivity index (χ3n) is 4.22. The molecule has 1 amide bonds. The number of thiazole rings is 1. The van der Waals surface area contributed by atoms with Gasteiger partial charge in [0.15, 0.2) is 0 Å². The molecule has 0 radical (unpaired) electrons. The number of aromatic nitrogens is 1. The van der Waals surface area contributed by atoms with Crippen LogP contribution in [-0.2, 0) is 4.79 Å². The second-order valence-electron chi connectivity index (χ2n) is 5.55. The molecule has 0 spiro atoms. The number of amides is 1. The first kappa shape index (κ1) is 13.5. The molecule has 2 bridgehead atoms. The molecule has 2 saturated heterocycles. The number of hydrogen-bond acceptors (Lipinski definition) is 5. The Bertz CT molecular complexity index is 557. The van der Waals surface area contributed by atoms with E-state index in [-0.39, 0.29) is 24.0 Å². The Kier molecular flexibility index (Phi) is 3.25. The van der Waals surface area contributed by atoms with Crippen LogP contribution in [0, 0.1) is 5.92 Å². The van der Waals surface area contributed by atoms with Crippen molar-refractivity contribution in [3.05, 3.63) is 16.1 Å². The third kappa shape index (κ3) is 2.01. The average molecular weight is 295 g/mol. The van der Waals surface area contributed by atoms with Gasteiger partial charge in [-0.3, -0.25) is 9.59 Å². The molecule has 4 atom stereocenters. The number of carbonyl (C=O) groups excluding carboxylic acids is 1. The Labute approximate surface area is 120 Å². The summed E-state index contributed by atoms with van der Waals surface area (Å²) in [6.45, 7) is 1.83. The second-order valence-corrected chi connectivity index (χ2v) is 6.44. The number of hydrogen-bond donors (Lipinski definition) is 2. The average Bonchev–Trinajstić information content (AvgIpc) is 3.11. The van der Waals surface area contributed by atoms with Gasteiger partial charge in [0.25, 0.3) is 5.91 Å². The molecule has 2 aliphatic heterocycles. The number of nitrogens with two attached hydrogens (primary N) is 1. The van der Waals surface area contributed by atoms with E-state index in [1.165, 1.54) is 11.3 Å². The number of carboxylic acid groups (broad SMARTS) is 1. The zero-order valence-electron chi connectivity index (χ0n) is 11.2. The highest BCUT2D eigenvalue weighted by Gasteiger charge is 2.51. The van der Waals surface area contributed by atoms with E-state index in [2.05, 4.69) is 4.98 Å². The van der Waals surface area contributed by atoms with Crippen molar-refractivity contribution in [2.75, 3.05) is 0 Å². The van der Waals surface area contributed by atoms with Crippen molar-refractivity contribution in [2.24, 2.45) is 11.7 Å². The number of nitrogens with zero attached hydrogens (tertiary/aromatic N) is 2. The van der Waals surface area contributed by atoms with Crippen molar-refractivity contribution in [3.63, 3.8) is 0 Å². The first-order valence-corrected chi connectivity index (χ1v) is 7.63. The van der Waals surface area contributed by atoms with E-state index in [0.29, 0.717) is 12.1 Å². The van der Waals surface area contributed by atoms with Gasteiger partial charge in [-0.25, -0.2) is 4.98 Å². The number of rotatable bonds is 3. The molecule has 1 aromatic rings. The van der Waals surface area contributed by atoms with Gasteiger partial charge in [0.1, 0.15) is 10.7 Å². The second kappa shape index (κ2) is 4.82. The highest BCUT2D eigenvalue weighted by Crippen LogP contribution is 2.42. The predicted molar refractivity (Wildman–Crippen MR) is 73.4 cm³/mol. The molecule has 1 aromatic heterocycles. The SMILES string of the molecule is CC(N)c1nc(C(=O)N2C3CCC2C(C(=O)O)C3)cs1. The van der Waals surface area contributed by atoms with Gasteiger partial charge < -0.3 is 15.7 Å². The molecule has 2 aliphatic rings. The molecule has 6 nitrogen and oxygen atoms in total. The van der Waals surface area contributed by atoms with Crippen LogP contribution in [0.5, 0.6) is 0 Å². The molecule has 4 unspecified atom stereocenters. The Morgan fingerprint density at radius 1 is 1.55 bits per heavy atom. The zero-order valence-corrected chi connectivity index (χ0v) is 12.0. The van der Waals surface area contributed by atoms with Crippen molar-refractivity contribution in [1.82, 2.24) is 9.88 Å². The monoisotopic (exact) mass is 295 g/mol. The van der Waals surface area contributed by atoms with Crippen LogP contribution in [0.4, 0.5) is 0 Å². The summed E-state index contributed by atoms with van der Waals surface area (Å²) >= 11 is 1.37. The molecular weight excluding hydrogens is 278 g/mol. The standard InChI is InChI=1S/C13H17N3O3S/c1-6(14)11-15-9(5-20-11)12(17)16-7-2-3-10(16)8(4-7)13(18)19/h5-8,10H,2-4,14H2,1H3,(H,18,19). The van der Waals surface area contributed by atoms with Gasteiger partial charge in [-0.2, -0.15) is 0 Å². The molecule has 3 rings (SSSR count). The van der Waals surface area contributed by atoms with E-state index in [4.69, 9.17) is 5.73 Å². The molecule has 3 heterocycles. The first-order valence-electron chi connectivity index (χ1n) is 6.75. The molecule has 3 N–H and O–H groups in total. The number of fused-ring (bicyclic) bond motifs is 2. The van der Waals surface area contributed by atoms with Crippen molar-refractivity contribution in [1.29, 1.82) is 0 Å². The molecule has 20 heavy (non-hydrogen) atoms. The van der Waals surface area contributed by atoms with Crippen LogP contribution < -0.4 is 5.73 Å². The van der Waals surface area contributed by atoms with E-state index in [9.17, 15) is 14.7 Å². The predicted octanol–water partition coefficient (Wildman–Crippen LogP) is 1.24. The van der Waals surface area contributed by atoms with Gasteiger partial charge in [0, 0.05) is 17.5 Å². The molecule has 0 aliphatic carbocycles. The molecule has 108 valence electrons. The van der Waals surface area contributed by atoms with E-state index >= 15 is 0 Å². The Balaban J connectivity index is 1.82. The molecule has 2 fully saturated rings. The maximum absolute atomic E-state index is 12.5. The highest BCUT2D eigenvalue weighted by molar-refractivity contribution is 7.09. The lowest BCUT2D eigenvalue weighted by Gasteiger charge is -2.22. The lowest BCUT2D eigenvalue weighted by atomic mass is 9.89. The summed E-state index contributed by atoms with van der Waals surface area (Å²) in [4.78, 5) is 29.8. The summed E-state index contributed by atoms with van der Waals surface area (Å²) in [5.41, 5.74) is 6.15. The van der Waals surface area contributed by atoms with E-state index in [1.807, 2.05) is 6.92 Å². The van der Waals surface area contributed by atoms with Crippen molar-refractivity contribution < 1.29 is 14.7 Å². The van der Waals surface area contributed by atoms with Crippen LogP contribution in [0.25, 0.3) is 0 Å². The summed E-state index contributed by atoms with van der Waals surface area (Å²) in [5.74, 6) is -1.38. The summed E-state index contributed by atoms with van der Waals surface area (Å²) in [5, 5.41) is 11.7. The minimum absolute atomic E-state index is 0.0500. The van der Waals surface area contributed by atoms with Crippen LogP contribution in [-0.4, -0.2) is 39.0 Å². The summed E-state index contributed by atoms with van der Waals surface area (Å²) in [7, 11) is 0. The minimum atomic E-state index is -0.801. The smallest absolute Gasteiger partial charge is 0.308 e. The van der Waals surface area contributed by atoms with Gasteiger partial charge in [-0.1, -0.05) is 0 Å². The number of aliphatic carboxylic acids is 1. The summed E-state index contributed by atoms with van der Waals surface area (Å²) in [6.07, 6.45) is 2.23. The molecular formula is C13H17N3O3S. The van der Waals surface area contributed by atoms with Gasteiger partial charge >= 0.3 is 5.97 Å². The number of carboxylic acids is 1. The quantitative estimate of drug-likeness (QED) is 0.874. The maximum atomic E-state index is 12.5. The fourth-order valence-corrected chi connectivity index (χ4v) is 4.05. The molecule has 0 aromatic carbocycles. The van der Waals surface area contributed by atoms with Crippen molar-refractivity contribution >= 4 is 23.2 Å².